The highest BCUT2D eigenvalue weighted by atomic mass is 32.2. The first-order valence-corrected chi connectivity index (χ1v) is 13.1. The van der Waals surface area contributed by atoms with Gasteiger partial charge in [-0.1, -0.05) is 12.8 Å². The molecule has 2 fully saturated rings. The number of oxazole rings is 1. The van der Waals surface area contributed by atoms with Crippen LogP contribution in [0.15, 0.2) is 33.6 Å². The number of hydrogen-bond donors (Lipinski definition) is 1. The SMILES string of the molecule is N#Cc1nc(-c2ccc(S(=O)(=O)N3CCCCCC3)cc2)oc1NCCCN1CCOCC1. The quantitative estimate of drug-likeness (QED) is 0.583. The molecule has 0 aliphatic carbocycles. The van der Waals surface area contributed by atoms with Crippen LogP contribution in [0.3, 0.4) is 0 Å². The van der Waals surface area contributed by atoms with Crippen LogP contribution >= 0.6 is 0 Å². The highest BCUT2D eigenvalue weighted by Gasteiger charge is 2.25. The van der Waals surface area contributed by atoms with Gasteiger partial charge in [0.2, 0.25) is 27.5 Å². The number of anilines is 1. The van der Waals surface area contributed by atoms with Gasteiger partial charge in [0.05, 0.1) is 18.1 Å². The largest absolute Gasteiger partial charge is 0.419 e. The molecule has 0 radical (unpaired) electrons. The van der Waals surface area contributed by atoms with E-state index in [1.807, 2.05) is 0 Å². The van der Waals surface area contributed by atoms with Crippen molar-refractivity contribution in [3.63, 3.8) is 0 Å². The van der Waals surface area contributed by atoms with Crippen LogP contribution in [0, 0.1) is 11.3 Å². The Hall–Kier alpha value is -2.45. The number of aromatic nitrogens is 1. The van der Waals surface area contributed by atoms with Crippen LogP contribution in [0.2, 0.25) is 0 Å². The maximum atomic E-state index is 13.0. The molecule has 178 valence electrons. The molecule has 0 atom stereocenters. The minimum absolute atomic E-state index is 0.192. The third-order valence-electron chi connectivity index (χ3n) is 6.08. The maximum absolute atomic E-state index is 13.0. The number of ether oxygens (including phenoxy) is 1. The molecule has 0 saturated carbocycles. The number of benzene rings is 1. The Labute approximate surface area is 195 Å². The second-order valence-corrected chi connectivity index (χ2v) is 10.3. The summed E-state index contributed by atoms with van der Waals surface area (Å²) in [5.41, 5.74) is 0.820. The van der Waals surface area contributed by atoms with Gasteiger partial charge in [-0.25, -0.2) is 8.42 Å². The van der Waals surface area contributed by atoms with Gasteiger partial charge in [-0.3, -0.25) is 4.90 Å². The van der Waals surface area contributed by atoms with Gasteiger partial charge in [0.1, 0.15) is 6.07 Å². The van der Waals surface area contributed by atoms with Gasteiger partial charge in [0.25, 0.3) is 0 Å². The first-order chi connectivity index (χ1) is 16.1. The molecule has 4 rings (SSSR count). The van der Waals surface area contributed by atoms with Crippen molar-refractivity contribution in [2.45, 2.75) is 37.0 Å². The Morgan fingerprint density at radius 3 is 2.39 bits per heavy atom. The van der Waals surface area contributed by atoms with E-state index in [2.05, 4.69) is 21.3 Å². The lowest BCUT2D eigenvalue weighted by Gasteiger charge is -2.26. The van der Waals surface area contributed by atoms with E-state index in [1.165, 1.54) is 0 Å². The molecule has 9 nitrogen and oxygen atoms in total. The Morgan fingerprint density at radius 1 is 1.03 bits per heavy atom. The summed E-state index contributed by atoms with van der Waals surface area (Å²) >= 11 is 0. The minimum atomic E-state index is -3.51. The molecule has 2 aliphatic heterocycles. The molecule has 0 spiro atoms. The summed E-state index contributed by atoms with van der Waals surface area (Å²) < 4.78 is 38.7. The molecular formula is C23H31N5O4S. The van der Waals surface area contributed by atoms with Gasteiger partial charge in [0.15, 0.2) is 0 Å². The Morgan fingerprint density at radius 2 is 1.73 bits per heavy atom. The molecule has 1 aromatic carbocycles. The summed E-state index contributed by atoms with van der Waals surface area (Å²) in [6.07, 6.45) is 4.84. The fraction of sp³-hybridized carbons (Fsp3) is 0.565. The molecule has 1 N–H and O–H groups in total. The van der Waals surface area contributed by atoms with Crippen molar-refractivity contribution in [2.75, 3.05) is 57.8 Å². The predicted octanol–water partition coefficient (Wildman–Crippen LogP) is 2.91. The molecule has 0 bridgehead atoms. The fourth-order valence-electron chi connectivity index (χ4n) is 4.17. The Kier molecular flexibility index (Phi) is 7.98. The maximum Gasteiger partial charge on any atom is 0.243 e. The Bertz CT molecular complexity index is 1050. The second-order valence-electron chi connectivity index (χ2n) is 8.39. The van der Waals surface area contributed by atoms with Gasteiger partial charge < -0.3 is 14.5 Å². The molecule has 0 unspecified atom stereocenters. The number of sulfonamides is 1. The van der Waals surface area contributed by atoms with E-state index in [9.17, 15) is 13.7 Å². The lowest BCUT2D eigenvalue weighted by molar-refractivity contribution is 0.0378. The number of nitriles is 1. The van der Waals surface area contributed by atoms with Crippen molar-refractivity contribution >= 4 is 15.9 Å². The van der Waals surface area contributed by atoms with E-state index in [0.29, 0.717) is 37.0 Å². The number of rotatable bonds is 8. The number of morpholine rings is 1. The monoisotopic (exact) mass is 473 g/mol. The first kappa shape index (κ1) is 23.7. The molecule has 33 heavy (non-hydrogen) atoms. The molecule has 3 heterocycles. The van der Waals surface area contributed by atoms with Gasteiger partial charge in [-0.2, -0.15) is 14.6 Å². The van der Waals surface area contributed by atoms with Crippen molar-refractivity contribution in [3.8, 4) is 17.5 Å². The zero-order valence-corrected chi connectivity index (χ0v) is 19.6. The van der Waals surface area contributed by atoms with E-state index < -0.39 is 10.0 Å². The molecule has 1 aromatic heterocycles. The number of hydrogen-bond acceptors (Lipinski definition) is 8. The normalized spacial score (nSPS) is 18.5. The van der Waals surface area contributed by atoms with Gasteiger partial charge in [0, 0.05) is 38.3 Å². The molecule has 2 aromatic rings. The summed E-state index contributed by atoms with van der Waals surface area (Å²) in [6.45, 7) is 6.18. The number of nitrogens with one attached hydrogen (secondary N) is 1. The van der Waals surface area contributed by atoms with Gasteiger partial charge in [-0.05, 0) is 50.1 Å². The predicted molar refractivity (Wildman–Crippen MR) is 124 cm³/mol. The summed E-state index contributed by atoms with van der Waals surface area (Å²) in [6, 6.07) is 8.59. The topological polar surface area (TPSA) is 112 Å². The van der Waals surface area contributed by atoms with Gasteiger partial charge in [-0.15, -0.1) is 0 Å². The second kappa shape index (κ2) is 11.1. The summed E-state index contributed by atoms with van der Waals surface area (Å²) in [7, 11) is -3.51. The molecule has 10 heteroatoms. The third-order valence-corrected chi connectivity index (χ3v) is 7.99. The van der Waals surface area contributed by atoms with Crippen LogP contribution in [-0.4, -0.2) is 75.1 Å². The van der Waals surface area contributed by atoms with E-state index in [4.69, 9.17) is 9.15 Å². The van der Waals surface area contributed by atoms with E-state index in [0.717, 1.165) is 65.0 Å². The first-order valence-electron chi connectivity index (χ1n) is 11.6. The van der Waals surface area contributed by atoms with Crippen LogP contribution < -0.4 is 5.32 Å². The molecule has 2 saturated heterocycles. The summed E-state index contributed by atoms with van der Waals surface area (Å²) in [4.78, 5) is 6.90. The standard InChI is InChI=1S/C23H31N5O4S/c24-18-21-23(25-10-5-11-27-14-16-31-17-15-27)32-22(26-21)19-6-8-20(9-7-19)33(29,30)28-12-3-1-2-4-13-28/h6-9,25H,1-5,10-17H2. The van der Waals surface area contributed by atoms with Crippen LogP contribution in [0.4, 0.5) is 5.88 Å². The van der Waals surface area contributed by atoms with Crippen molar-refractivity contribution in [3.05, 3.63) is 30.0 Å². The van der Waals surface area contributed by atoms with Crippen molar-refractivity contribution in [1.29, 1.82) is 5.26 Å². The van der Waals surface area contributed by atoms with Gasteiger partial charge >= 0.3 is 0 Å². The van der Waals surface area contributed by atoms with E-state index >= 15 is 0 Å². The highest BCUT2D eigenvalue weighted by molar-refractivity contribution is 7.89. The van der Waals surface area contributed by atoms with Crippen molar-refractivity contribution < 1.29 is 17.6 Å². The Balaban J connectivity index is 1.39. The fourth-order valence-corrected chi connectivity index (χ4v) is 5.69. The summed E-state index contributed by atoms with van der Waals surface area (Å²) in [5, 5.41) is 12.6. The van der Waals surface area contributed by atoms with Crippen LogP contribution in [0.5, 0.6) is 0 Å². The van der Waals surface area contributed by atoms with Crippen molar-refractivity contribution in [1.82, 2.24) is 14.2 Å². The molecule has 2 aliphatic rings. The molecule has 0 amide bonds. The van der Waals surface area contributed by atoms with Crippen LogP contribution in [0.1, 0.15) is 37.8 Å². The molecular weight excluding hydrogens is 442 g/mol. The zero-order valence-electron chi connectivity index (χ0n) is 18.8. The van der Waals surface area contributed by atoms with Crippen molar-refractivity contribution in [2.24, 2.45) is 0 Å². The average Bonchev–Trinajstić information content (AvgIpc) is 3.05. The van der Waals surface area contributed by atoms with E-state index in [1.54, 1.807) is 28.6 Å². The zero-order chi connectivity index (χ0) is 23.1. The summed E-state index contributed by atoms with van der Waals surface area (Å²) in [5.74, 6) is 0.636. The smallest absolute Gasteiger partial charge is 0.243 e. The number of nitrogens with zero attached hydrogens (tertiary/aromatic N) is 4. The minimum Gasteiger partial charge on any atom is -0.419 e. The lowest BCUT2D eigenvalue weighted by atomic mass is 10.2. The van der Waals surface area contributed by atoms with Crippen LogP contribution in [-0.2, 0) is 14.8 Å². The highest BCUT2D eigenvalue weighted by Crippen LogP contribution is 2.27. The average molecular weight is 474 g/mol. The third kappa shape index (κ3) is 5.92. The lowest BCUT2D eigenvalue weighted by Crippen LogP contribution is -2.37. The van der Waals surface area contributed by atoms with E-state index in [-0.39, 0.29) is 10.6 Å². The van der Waals surface area contributed by atoms with Crippen LogP contribution in [0.25, 0.3) is 11.5 Å².